The topological polar surface area (TPSA) is 55.8 Å². The van der Waals surface area contributed by atoms with Crippen molar-refractivity contribution in [1.29, 1.82) is 0 Å². The summed E-state index contributed by atoms with van der Waals surface area (Å²) in [7, 11) is 0. The third-order valence-corrected chi connectivity index (χ3v) is 4.28. The molecule has 0 saturated heterocycles. The minimum atomic E-state index is -0.0205. The molecule has 4 nitrogen and oxygen atoms in total. The van der Waals surface area contributed by atoms with Crippen LogP contribution in [0.25, 0.3) is 0 Å². The summed E-state index contributed by atoms with van der Waals surface area (Å²) in [5.41, 5.74) is 1.27. The van der Waals surface area contributed by atoms with E-state index in [1.165, 1.54) is 0 Å². The van der Waals surface area contributed by atoms with Crippen LogP contribution in [-0.4, -0.2) is 10.9 Å². The summed E-state index contributed by atoms with van der Waals surface area (Å²) in [6.07, 6.45) is 0. The Kier molecular flexibility index (Phi) is 5.25. The minimum absolute atomic E-state index is 0.0205. The normalized spacial score (nSPS) is 10.3. The van der Waals surface area contributed by atoms with Crippen LogP contribution in [0, 0.1) is 0 Å². The highest BCUT2D eigenvalue weighted by atomic mass is 16.5. The monoisotopic (exact) mass is 382 g/mol. The zero-order valence-corrected chi connectivity index (χ0v) is 15.5. The summed E-state index contributed by atoms with van der Waals surface area (Å²) in [5, 5.41) is 9.31. The van der Waals surface area contributed by atoms with Gasteiger partial charge in [-0.2, -0.15) is 0 Å². The van der Waals surface area contributed by atoms with Gasteiger partial charge in [-0.15, -0.1) is 0 Å². The molecule has 0 heterocycles. The van der Waals surface area contributed by atoms with Crippen LogP contribution >= 0.6 is 0 Å². The summed E-state index contributed by atoms with van der Waals surface area (Å²) in [6.45, 7) is 0. The van der Waals surface area contributed by atoms with Gasteiger partial charge in [0.1, 0.15) is 28.7 Å². The van der Waals surface area contributed by atoms with E-state index in [4.69, 9.17) is 9.47 Å². The molecule has 29 heavy (non-hydrogen) atoms. The van der Waals surface area contributed by atoms with Crippen LogP contribution in [0.1, 0.15) is 15.9 Å². The summed E-state index contributed by atoms with van der Waals surface area (Å²) >= 11 is 0. The minimum Gasteiger partial charge on any atom is -0.508 e. The van der Waals surface area contributed by atoms with Crippen LogP contribution in [0.5, 0.6) is 28.7 Å². The predicted octanol–water partition coefficient (Wildman–Crippen LogP) is 6.21. The second kappa shape index (κ2) is 8.31. The summed E-state index contributed by atoms with van der Waals surface area (Å²) < 4.78 is 11.6. The highest BCUT2D eigenvalue weighted by Gasteiger charge is 2.08. The lowest BCUT2D eigenvalue weighted by atomic mass is 10.0. The van der Waals surface area contributed by atoms with Crippen molar-refractivity contribution >= 4 is 5.78 Å². The van der Waals surface area contributed by atoms with Gasteiger partial charge in [-0.25, -0.2) is 0 Å². The average Bonchev–Trinajstić information content (AvgIpc) is 2.77. The molecule has 0 unspecified atom stereocenters. The summed E-state index contributed by atoms with van der Waals surface area (Å²) in [5.74, 6) is 2.76. The molecule has 0 atom stereocenters. The van der Waals surface area contributed by atoms with Gasteiger partial charge in [0.15, 0.2) is 5.78 Å². The molecular formula is C25H18O4. The van der Waals surface area contributed by atoms with Crippen molar-refractivity contribution in [2.45, 2.75) is 0 Å². The van der Waals surface area contributed by atoms with E-state index in [0.717, 1.165) is 0 Å². The summed E-state index contributed by atoms with van der Waals surface area (Å²) in [6, 6.07) is 30.0. The lowest BCUT2D eigenvalue weighted by Gasteiger charge is -2.09. The molecule has 0 aliphatic carbocycles. The van der Waals surface area contributed by atoms with Crippen LogP contribution in [0.4, 0.5) is 0 Å². The number of hydrogen-bond donors (Lipinski definition) is 1. The van der Waals surface area contributed by atoms with Crippen LogP contribution in [0.2, 0.25) is 0 Å². The van der Waals surface area contributed by atoms with E-state index in [1.807, 2.05) is 18.2 Å². The molecule has 4 aromatic carbocycles. The SMILES string of the molecule is O=C(c1ccccc1)c1ccc(Oc2ccc(Oc3ccc(O)cc3)cc2)cc1. The fourth-order valence-electron chi connectivity index (χ4n) is 2.79. The second-order valence-corrected chi connectivity index (χ2v) is 6.39. The number of phenols is 1. The van der Waals surface area contributed by atoms with Gasteiger partial charge in [0.05, 0.1) is 0 Å². The largest absolute Gasteiger partial charge is 0.508 e. The van der Waals surface area contributed by atoms with Crippen molar-refractivity contribution in [3.05, 3.63) is 114 Å². The third-order valence-electron chi connectivity index (χ3n) is 4.28. The van der Waals surface area contributed by atoms with Gasteiger partial charge in [0, 0.05) is 11.1 Å². The molecule has 4 heteroatoms. The standard InChI is InChI=1S/C25H18O4/c26-20-8-12-22(13-9-20)29-24-16-14-23(15-17-24)28-21-10-6-19(7-11-21)25(27)18-4-2-1-3-5-18/h1-17,26H. The van der Waals surface area contributed by atoms with Crippen LogP contribution in [-0.2, 0) is 0 Å². The van der Waals surface area contributed by atoms with E-state index in [9.17, 15) is 9.90 Å². The number of aromatic hydroxyl groups is 1. The number of ketones is 1. The van der Waals surface area contributed by atoms with Gasteiger partial charge in [-0.05, 0) is 72.8 Å². The molecule has 0 aliphatic heterocycles. The van der Waals surface area contributed by atoms with Crippen LogP contribution in [0.3, 0.4) is 0 Å². The Morgan fingerprint density at radius 2 is 0.897 bits per heavy atom. The fourth-order valence-corrected chi connectivity index (χ4v) is 2.79. The van der Waals surface area contributed by atoms with Gasteiger partial charge in [0.2, 0.25) is 0 Å². The highest BCUT2D eigenvalue weighted by Crippen LogP contribution is 2.28. The first kappa shape index (κ1) is 18.3. The van der Waals surface area contributed by atoms with Gasteiger partial charge in [0.25, 0.3) is 0 Å². The molecule has 4 aromatic rings. The molecule has 0 aliphatic rings. The molecule has 0 amide bonds. The Morgan fingerprint density at radius 1 is 0.517 bits per heavy atom. The van der Waals surface area contributed by atoms with Gasteiger partial charge < -0.3 is 14.6 Å². The van der Waals surface area contributed by atoms with E-state index in [2.05, 4.69) is 0 Å². The number of carbonyl (C=O) groups excluding carboxylic acids is 1. The zero-order chi connectivity index (χ0) is 20.1. The number of carbonyl (C=O) groups is 1. The van der Waals surface area contributed by atoms with Crippen molar-refractivity contribution in [3.8, 4) is 28.7 Å². The first-order valence-corrected chi connectivity index (χ1v) is 9.12. The molecule has 0 spiro atoms. The highest BCUT2D eigenvalue weighted by molar-refractivity contribution is 6.08. The number of benzene rings is 4. The molecule has 4 rings (SSSR count). The van der Waals surface area contributed by atoms with E-state index in [0.29, 0.717) is 34.1 Å². The van der Waals surface area contributed by atoms with Crippen molar-refractivity contribution in [3.63, 3.8) is 0 Å². The van der Waals surface area contributed by atoms with E-state index >= 15 is 0 Å². The summed E-state index contributed by atoms with van der Waals surface area (Å²) in [4.78, 5) is 12.5. The van der Waals surface area contributed by atoms with E-state index in [1.54, 1.807) is 84.9 Å². The Bertz CT molecular complexity index is 1080. The molecule has 142 valence electrons. The lowest BCUT2D eigenvalue weighted by Crippen LogP contribution is -2.00. The molecule has 0 bridgehead atoms. The third kappa shape index (κ3) is 4.62. The quantitative estimate of drug-likeness (QED) is 0.403. The fraction of sp³-hybridized carbons (Fsp3) is 0. The molecule has 0 fully saturated rings. The first-order valence-electron chi connectivity index (χ1n) is 9.12. The average molecular weight is 382 g/mol. The predicted molar refractivity (Wildman–Crippen MR) is 111 cm³/mol. The molecule has 1 N–H and O–H groups in total. The maximum Gasteiger partial charge on any atom is 0.193 e. The Morgan fingerprint density at radius 3 is 1.38 bits per heavy atom. The maximum absolute atomic E-state index is 12.5. The Hall–Kier alpha value is -4.05. The van der Waals surface area contributed by atoms with Crippen molar-refractivity contribution < 1.29 is 19.4 Å². The lowest BCUT2D eigenvalue weighted by molar-refractivity contribution is 0.103. The number of phenolic OH excluding ortho intramolecular Hbond substituents is 1. The maximum atomic E-state index is 12.5. The zero-order valence-electron chi connectivity index (χ0n) is 15.5. The van der Waals surface area contributed by atoms with Gasteiger partial charge in [-0.1, -0.05) is 30.3 Å². The molecule has 0 aromatic heterocycles. The van der Waals surface area contributed by atoms with Crippen molar-refractivity contribution in [1.82, 2.24) is 0 Å². The molecule has 0 saturated carbocycles. The van der Waals surface area contributed by atoms with E-state index < -0.39 is 0 Å². The Balaban J connectivity index is 1.40. The van der Waals surface area contributed by atoms with Crippen molar-refractivity contribution in [2.75, 3.05) is 0 Å². The smallest absolute Gasteiger partial charge is 0.193 e. The number of hydrogen-bond acceptors (Lipinski definition) is 4. The van der Waals surface area contributed by atoms with Crippen LogP contribution < -0.4 is 9.47 Å². The van der Waals surface area contributed by atoms with Gasteiger partial charge >= 0.3 is 0 Å². The Labute approximate surface area is 168 Å². The molecule has 0 radical (unpaired) electrons. The van der Waals surface area contributed by atoms with E-state index in [-0.39, 0.29) is 11.5 Å². The van der Waals surface area contributed by atoms with Gasteiger partial charge in [-0.3, -0.25) is 4.79 Å². The number of ether oxygens (including phenoxy) is 2. The first-order chi connectivity index (χ1) is 14.2. The second-order valence-electron chi connectivity index (χ2n) is 6.39. The van der Waals surface area contributed by atoms with Crippen molar-refractivity contribution in [2.24, 2.45) is 0 Å². The van der Waals surface area contributed by atoms with Crippen LogP contribution in [0.15, 0.2) is 103 Å². The molecular weight excluding hydrogens is 364 g/mol. The number of rotatable bonds is 6.